The van der Waals surface area contributed by atoms with Crippen LogP contribution < -0.4 is 14.9 Å². The first-order valence-corrected chi connectivity index (χ1v) is 11.3. The molecule has 3 aromatic rings. The van der Waals surface area contributed by atoms with E-state index in [4.69, 9.17) is 0 Å². The highest BCUT2D eigenvalue weighted by atomic mass is 32.2. The van der Waals surface area contributed by atoms with Gasteiger partial charge in [-0.1, -0.05) is 24.3 Å². The zero-order chi connectivity index (χ0) is 24.9. The number of halogens is 3. The van der Waals surface area contributed by atoms with E-state index in [9.17, 15) is 31.2 Å². The lowest BCUT2D eigenvalue weighted by Crippen LogP contribution is -2.33. The number of amides is 2. The molecule has 0 saturated heterocycles. The Morgan fingerprint density at radius 3 is 2.12 bits per heavy atom. The number of anilines is 2. The summed E-state index contributed by atoms with van der Waals surface area (Å²) in [4.78, 5) is 24.4. The second-order valence-electron chi connectivity index (χ2n) is 7.17. The van der Waals surface area contributed by atoms with Gasteiger partial charge in [0.05, 0.1) is 10.6 Å². The van der Waals surface area contributed by atoms with E-state index < -0.39 is 34.6 Å². The fraction of sp³-hybridized carbons (Fsp3) is 0.130. The van der Waals surface area contributed by atoms with Crippen LogP contribution in [0, 0.1) is 0 Å². The van der Waals surface area contributed by atoms with Gasteiger partial charge in [-0.2, -0.15) is 13.2 Å². The van der Waals surface area contributed by atoms with Crippen molar-refractivity contribution in [3.63, 3.8) is 0 Å². The highest BCUT2D eigenvalue weighted by Gasteiger charge is 2.28. The number of rotatable bonds is 7. The molecule has 11 heteroatoms. The predicted molar refractivity (Wildman–Crippen MR) is 121 cm³/mol. The van der Waals surface area contributed by atoms with E-state index in [-0.39, 0.29) is 21.7 Å². The zero-order valence-electron chi connectivity index (χ0n) is 17.8. The van der Waals surface area contributed by atoms with Crippen molar-refractivity contribution in [3.05, 3.63) is 90.0 Å². The summed E-state index contributed by atoms with van der Waals surface area (Å²) in [6, 6.07) is 19.2. The molecule has 0 spiro atoms. The number of sulfonamides is 1. The molecule has 3 rings (SSSR count). The van der Waals surface area contributed by atoms with Gasteiger partial charge in [-0.05, 0) is 54.6 Å². The lowest BCUT2D eigenvalue weighted by Gasteiger charge is -2.19. The maximum atomic E-state index is 12.8. The molecule has 0 fully saturated rings. The second kappa shape index (κ2) is 9.96. The van der Waals surface area contributed by atoms with Crippen LogP contribution in [-0.2, 0) is 10.0 Å². The topological polar surface area (TPSA) is 95.6 Å². The average Bonchev–Trinajstić information content (AvgIpc) is 2.82. The van der Waals surface area contributed by atoms with Crippen molar-refractivity contribution < 1.29 is 31.2 Å². The molecule has 3 aromatic carbocycles. The molecule has 0 radical (unpaired) electrons. The van der Waals surface area contributed by atoms with Crippen LogP contribution in [0.25, 0.3) is 0 Å². The van der Waals surface area contributed by atoms with Crippen LogP contribution in [0.2, 0.25) is 0 Å². The molecule has 0 aliphatic rings. The molecule has 0 aliphatic carbocycles. The number of benzene rings is 3. The quantitative estimate of drug-likeness (QED) is 0.521. The van der Waals surface area contributed by atoms with Gasteiger partial charge in [0.2, 0.25) is 0 Å². The summed E-state index contributed by atoms with van der Waals surface area (Å²) in [7, 11) is -2.43. The number of alkyl halides is 3. The van der Waals surface area contributed by atoms with E-state index in [1.807, 2.05) is 0 Å². The van der Waals surface area contributed by atoms with Crippen molar-refractivity contribution in [3.8, 4) is 0 Å². The summed E-state index contributed by atoms with van der Waals surface area (Å²) >= 11 is 0. The van der Waals surface area contributed by atoms with Crippen LogP contribution >= 0.6 is 0 Å². The summed E-state index contributed by atoms with van der Waals surface area (Å²) in [5.74, 6) is -1.53. The number of hydrogen-bond acceptors (Lipinski definition) is 4. The Morgan fingerprint density at radius 2 is 1.50 bits per heavy atom. The number of nitrogens with zero attached hydrogens (tertiary/aromatic N) is 1. The van der Waals surface area contributed by atoms with Crippen molar-refractivity contribution in [1.82, 2.24) is 5.32 Å². The molecular formula is C23H20F3N3O4S. The van der Waals surface area contributed by atoms with Gasteiger partial charge in [-0.3, -0.25) is 13.9 Å². The van der Waals surface area contributed by atoms with Gasteiger partial charge in [0, 0.05) is 23.9 Å². The Hall–Kier alpha value is -3.86. The molecule has 0 aromatic heterocycles. The molecule has 0 aliphatic heterocycles. The van der Waals surface area contributed by atoms with Crippen molar-refractivity contribution in [2.24, 2.45) is 0 Å². The lowest BCUT2D eigenvalue weighted by molar-refractivity contribution is -0.123. The lowest BCUT2D eigenvalue weighted by atomic mass is 10.1. The van der Waals surface area contributed by atoms with Gasteiger partial charge >= 0.3 is 6.18 Å². The van der Waals surface area contributed by atoms with E-state index in [2.05, 4.69) is 5.32 Å². The molecule has 7 nitrogen and oxygen atoms in total. The molecule has 0 unspecified atom stereocenters. The average molecular weight is 491 g/mol. The monoisotopic (exact) mass is 491 g/mol. The van der Waals surface area contributed by atoms with E-state index in [1.54, 1.807) is 35.6 Å². The first kappa shape index (κ1) is 24.8. The number of para-hydroxylation sites is 1. The number of nitrogens with one attached hydrogen (secondary N) is 2. The van der Waals surface area contributed by atoms with Gasteiger partial charge < -0.3 is 10.6 Å². The van der Waals surface area contributed by atoms with Crippen LogP contribution in [0.1, 0.15) is 20.7 Å². The predicted octanol–water partition coefficient (Wildman–Crippen LogP) is 4.06. The van der Waals surface area contributed by atoms with Gasteiger partial charge in [0.15, 0.2) is 0 Å². The minimum atomic E-state index is -4.54. The molecule has 0 bridgehead atoms. The molecule has 2 N–H and O–H groups in total. The van der Waals surface area contributed by atoms with Crippen molar-refractivity contribution >= 4 is 33.2 Å². The third-order valence-electron chi connectivity index (χ3n) is 4.73. The Labute approximate surface area is 194 Å². The third-order valence-corrected chi connectivity index (χ3v) is 6.53. The second-order valence-corrected chi connectivity index (χ2v) is 9.13. The summed E-state index contributed by atoms with van der Waals surface area (Å²) in [5.41, 5.74) is 0.745. The van der Waals surface area contributed by atoms with Crippen LogP contribution in [0.3, 0.4) is 0 Å². The maximum Gasteiger partial charge on any atom is 0.405 e. The minimum absolute atomic E-state index is 0.0151. The van der Waals surface area contributed by atoms with Crippen LogP contribution in [0.15, 0.2) is 83.8 Å². The Balaban J connectivity index is 1.70. The van der Waals surface area contributed by atoms with E-state index in [0.29, 0.717) is 5.69 Å². The van der Waals surface area contributed by atoms with E-state index in [0.717, 1.165) is 4.31 Å². The van der Waals surface area contributed by atoms with Crippen LogP contribution in [0.4, 0.5) is 24.5 Å². The number of carbonyl (C=O) groups excluding carboxylic acids is 2. The molecule has 2 amide bonds. The highest BCUT2D eigenvalue weighted by molar-refractivity contribution is 7.92. The largest absolute Gasteiger partial charge is 0.405 e. The van der Waals surface area contributed by atoms with Gasteiger partial charge in [0.1, 0.15) is 6.54 Å². The molecule has 0 saturated carbocycles. The SMILES string of the molecule is CN(c1ccccc1)S(=O)(=O)c1ccc(C(=O)Nc2cccc(C(=O)NCC(F)(F)F)c2)cc1. The number of hydrogen-bond donors (Lipinski definition) is 2. The zero-order valence-corrected chi connectivity index (χ0v) is 18.7. The first-order chi connectivity index (χ1) is 16.0. The van der Waals surface area contributed by atoms with Crippen molar-refractivity contribution in [1.29, 1.82) is 0 Å². The van der Waals surface area contributed by atoms with Gasteiger partial charge in [-0.15, -0.1) is 0 Å². The van der Waals surface area contributed by atoms with Crippen LogP contribution in [-0.4, -0.2) is 40.0 Å². The summed E-state index contributed by atoms with van der Waals surface area (Å²) in [6.07, 6.45) is -4.54. The highest BCUT2D eigenvalue weighted by Crippen LogP contribution is 2.22. The molecule has 0 heterocycles. The molecule has 0 atom stereocenters. The first-order valence-electron chi connectivity index (χ1n) is 9.88. The fourth-order valence-electron chi connectivity index (χ4n) is 2.94. The van der Waals surface area contributed by atoms with Gasteiger partial charge in [0.25, 0.3) is 21.8 Å². The Morgan fingerprint density at radius 1 is 0.853 bits per heavy atom. The summed E-state index contributed by atoms with van der Waals surface area (Å²) in [6.45, 7) is -1.48. The van der Waals surface area contributed by atoms with Crippen LogP contribution in [0.5, 0.6) is 0 Å². The number of carbonyl (C=O) groups is 2. The third kappa shape index (κ3) is 6.13. The Bertz CT molecular complexity index is 1280. The van der Waals surface area contributed by atoms with Crippen molar-refractivity contribution in [2.75, 3.05) is 23.2 Å². The van der Waals surface area contributed by atoms with E-state index >= 15 is 0 Å². The molecular weight excluding hydrogens is 471 g/mol. The normalized spacial score (nSPS) is 11.5. The summed E-state index contributed by atoms with van der Waals surface area (Å²) < 4.78 is 63.7. The maximum absolute atomic E-state index is 12.8. The minimum Gasteiger partial charge on any atom is -0.343 e. The standard InChI is InChI=1S/C23H20F3N3O4S/c1-29(19-8-3-2-4-9-19)34(32,33)20-12-10-16(11-13-20)22(31)28-18-7-5-6-17(14-18)21(30)27-15-23(24,25)26/h2-14H,15H2,1H3,(H,27,30)(H,28,31). The van der Waals surface area contributed by atoms with Gasteiger partial charge in [-0.25, -0.2) is 8.42 Å². The molecule has 178 valence electrons. The van der Waals surface area contributed by atoms with Crippen molar-refractivity contribution in [2.45, 2.75) is 11.1 Å². The smallest absolute Gasteiger partial charge is 0.343 e. The fourth-order valence-corrected chi connectivity index (χ4v) is 4.13. The molecule has 34 heavy (non-hydrogen) atoms. The summed E-state index contributed by atoms with van der Waals surface area (Å²) in [5, 5.41) is 4.29. The van der Waals surface area contributed by atoms with E-state index in [1.165, 1.54) is 55.6 Å². The Kier molecular flexibility index (Phi) is 7.26.